The van der Waals surface area contributed by atoms with Gasteiger partial charge in [-0.1, -0.05) is 23.7 Å². The number of alkyl halides is 3. The van der Waals surface area contributed by atoms with Crippen molar-refractivity contribution in [3.05, 3.63) is 76.4 Å². The smallest absolute Gasteiger partial charge is 0.367 e. The van der Waals surface area contributed by atoms with Gasteiger partial charge in [0, 0.05) is 75.1 Å². The van der Waals surface area contributed by atoms with Crippen molar-refractivity contribution in [2.24, 2.45) is 0 Å². The van der Waals surface area contributed by atoms with Gasteiger partial charge in [-0.2, -0.15) is 13.2 Å². The number of piperazine rings is 1. The normalized spacial score (nSPS) is 15.6. The maximum Gasteiger partial charge on any atom is 0.416 e. The van der Waals surface area contributed by atoms with Crippen LogP contribution in [0.25, 0.3) is 11.1 Å². The summed E-state index contributed by atoms with van der Waals surface area (Å²) in [6, 6.07) is 12.7. The minimum absolute atomic E-state index is 0.00670. The molecule has 5 rings (SSSR count). The minimum Gasteiger partial charge on any atom is -0.367 e. The number of carbonyl (C=O) groups excluding carboxylic acids is 2. The summed E-state index contributed by atoms with van der Waals surface area (Å²) in [5.74, 6) is 0.509. The predicted octanol–water partition coefficient (Wildman–Crippen LogP) is 5.16. The first kappa shape index (κ1) is 26.8. The fraction of sp³-hybridized carbons (Fsp3) is 0.321. The summed E-state index contributed by atoms with van der Waals surface area (Å²) >= 11 is 6.04. The summed E-state index contributed by atoms with van der Waals surface area (Å²) in [5, 5.41) is 3.45. The Labute approximate surface area is 229 Å². The fourth-order valence-corrected chi connectivity index (χ4v) is 5.16. The van der Waals surface area contributed by atoms with E-state index in [9.17, 15) is 22.8 Å². The highest BCUT2D eigenvalue weighted by Gasteiger charge is 2.34. The van der Waals surface area contributed by atoms with Crippen LogP contribution in [0.15, 0.2) is 54.7 Å². The Balaban J connectivity index is 1.35. The number of pyridine rings is 1. The molecule has 3 heterocycles. The fourth-order valence-electron chi connectivity index (χ4n) is 4.97. The van der Waals surface area contributed by atoms with Gasteiger partial charge in [0.05, 0.1) is 11.3 Å². The molecule has 0 bridgehead atoms. The molecular weight excluding hydrogens is 531 g/mol. The second kappa shape index (κ2) is 10.8. The van der Waals surface area contributed by atoms with Crippen LogP contribution >= 0.6 is 11.6 Å². The first-order valence-corrected chi connectivity index (χ1v) is 13.0. The van der Waals surface area contributed by atoms with E-state index in [-0.39, 0.29) is 28.9 Å². The van der Waals surface area contributed by atoms with E-state index < -0.39 is 11.7 Å². The SMILES string of the molecule is CC(=O)N1CCN(C(=O)c2ccc(-c3cnc4c(c3)N(Cc3cc(Cl)ccc3C(F)(F)F)CCN4)cc2)CC1. The van der Waals surface area contributed by atoms with Crippen LogP contribution < -0.4 is 10.2 Å². The Morgan fingerprint density at radius 3 is 2.31 bits per heavy atom. The number of carbonyl (C=O) groups is 2. The largest absolute Gasteiger partial charge is 0.416 e. The Morgan fingerprint density at radius 1 is 0.949 bits per heavy atom. The zero-order valence-electron chi connectivity index (χ0n) is 21.3. The van der Waals surface area contributed by atoms with Gasteiger partial charge in [0.15, 0.2) is 0 Å². The summed E-state index contributed by atoms with van der Waals surface area (Å²) in [4.78, 5) is 34.4. The van der Waals surface area contributed by atoms with E-state index in [0.717, 1.165) is 17.2 Å². The van der Waals surface area contributed by atoms with E-state index >= 15 is 0 Å². The average molecular weight is 558 g/mol. The van der Waals surface area contributed by atoms with Crippen molar-refractivity contribution in [2.75, 3.05) is 49.5 Å². The molecule has 0 atom stereocenters. The van der Waals surface area contributed by atoms with Crippen LogP contribution in [-0.2, 0) is 17.5 Å². The second-order valence-electron chi connectivity index (χ2n) is 9.61. The van der Waals surface area contributed by atoms with Crippen LogP contribution in [0.3, 0.4) is 0 Å². The summed E-state index contributed by atoms with van der Waals surface area (Å²) < 4.78 is 40.9. The molecule has 2 amide bonds. The van der Waals surface area contributed by atoms with Crippen molar-refractivity contribution >= 4 is 34.9 Å². The molecule has 0 spiro atoms. The summed E-state index contributed by atoms with van der Waals surface area (Å²) in [7, 11) is 0. The number of nitrogens with one attached hydrogen (secondary N) is 1. The Hall–Kier alpha value is -3.79. The van der Waals surface area contributed by atoms with Gasteiger partial charge in [-0.25, -0.2) is 4.98 Å². The molecule has 0 radical (unpaired) electrons. The molecule has 0 unspecified atom stereocenters. The molecule has 2 aliphatic rings. The molecule has 0 saturated carbocycles. The van der Waals surface area contributed by atoms with Crippen molar-refractivity contribution < 1.29 is 22.8 Å². The zero-order chi connectivity index (χ0) is 27.7. The molecule has 2 aromatic carbocycles. The second-order valence-corrected chi connectivity index (χ2v) is 10.1. The number of fused-ring (bicyclic) bond motifs is 1. The van der Waals surface area contributed by atoms with Crippen LogP contribution in [0.2, 0.25) is 5.02 Å². The lowest BCUT2D eigenvalue weighted by molar-refractivity contribution is -0.138. The van der Waals surface area contributed by atoms with E-state index in [2.05, 4.69) is 10.3 Å². The van der Waals surface area contributed by atoms with E-state index in [4.69, 9.17) is 11.6 Å². The number of halogens is 4. The van der Waals surface area contributed by atoms with Gasteiger partial charge in [0.2, 0.25) is 5.91 Å². The van der Waals surface area contributed by atoms with Crippen LogP contribution in [0.1, 0.15) is 28.4 Å². The van der Waals surface area contributed by atoms with Gasteiger partial charge < -0.3 is 20.0 Å². The Morgan fingerprint density at radius 2 is 1.64 bits per heavy atom. The highest BCUT2D eigenvalue weighted by molar-refractivity contribution is 6.30. The van der Waals surface area contributed by atoms with Gasteiger partial charge in [0.25, 0.3) is 5.91 Å². The van der Waals surface area contributed by atoms with Gasteiger partial charge in [-0.05, 0) is 47.5 Å². The third kappa shape index (κ3) is 5.80. The van der Waals surface area contributed by atoms with Gasteiger partial charge >= 0.3 is 6.18 Å². The summed E-state index contributed by atoms with van der Waals surface area (Å²) in [6.07, 6.45) is -2.79. The van der Waals surface area contributed by atoms with E-state index in [1.807, 2.05) is 23.1 Å². The standard InChI is InChI=1S/C28H27ClF3N5O2/c1-18(38)35-10-12-36(13-11-35)27(39)20-4-2-19(3-5-20)21-15-25-26(34-16-21)33-8-9-37(25)17-22-14-23(29)6-7-24(22)28(30,31)32/h2-7,14-16H,8-13,17H2,1H3,(H,33,34). The number of aromatic nitrogens is 1. The topological polar surface area (TPSA) is 68.8 Å². The lowest BCUT2D eigenvalue weighted by Gasteiger charge is -2.34. The quantitative estimate of drug-likeness (QED) is 0.480. The van der Waals surface area contributed by atoms with Crippen molar-refractivity contribution in [3.63, 3.8) is 0 Å². The maximum atomic E-state index is 13.6. The zero-order valence-corrected chi connectivity index (χ0v) is 22.0. The number of amides is 2. The van der Waals surface area contributed by atoms with Gasteiger partial charge in [-0.3, -0.25) is 9.59 Å². The molecule has 7 nitrogen and oxygen atoms in total. The molecule has 1 saturated heterocycles. The van der Waals surface area contributed by atoms with Crippen molar-refractivity contribution in [2.45, 2.75) is 19.6 Å². The van der Waals surface area contributed by atoms with E-state index in [0.29, 0.717) is 56.3 Å². The third-order valence-electron chi connectivity index (χ3n) is 7.09. The highest BCUT2D eigenvalue weighted by Crippen LogP contribution is 2.37. The Bertz CT molecular complexity index is 1390. The molecule has 204 valence electrons. The lowest BCUT2D eigenvalue weighted by Crippen LogP contribution is -2.50. The third-order valence-corrected chi connectivity index (χ3v) is 7.33. The van der Waals surface area contributed by atoms with Crippen molar-refractivity contribution in [1.82, 2.24) is 14.8 Å². The van der Waals surface area contributed by atoms with Crippen molar-refractivity contribution in [3.8, 4) is 11.1 Å². The summed E-state index contributed by atoms with van der Waals surface area (Å²) in [6.45, 7) is 4.60. The number of hydrogen-bond donors (Lipinski definition) is 1. The number of nitrogens with zero attached hydrogens (tertiary/aromatic N) is 4. The minimum atomic E-state index is -4.49. The van der Waals surface area contributed by atoms with Gasteiger partial charge in [-0.15, -0.1) is 0 Å². The molecule has 0 aliphatic carbocycles. The summed E-state index contributed by atoms with van der Waals surface area (Å²) in [5.41, 5.74) is 2.23. The monoisotopic (exact) mass is 557 g/mol. The highest BCUT2D eigenvalue weighted by atomic mass is 35.5. The van der Waals surface area contributed by atoms with Crippen molar-refractivity contribution in [1.29, 1.82) is 0 Å². The number of rotatable bonds is 4. The Kier molecular flexibility index (Phi) is 7.40. The van der Waals surface area contributed by atoms with Crippen LogP contribution in [0, 0.1) is 0 Å². The van der Waals surface area contributed by atoms with Crippen LogP contribution in [-0.4, -0.2) is 65.9 Å². The molecule has 1 fully saturated rings. The van der Waals surface area contributed by atoms with E-state index in [1.165, 1.54) is 19.1 Å². The van der Waals surface area contributed by atoms with Crippen LogP contribution in [0.5, 0.6) is 0 Å². The number of anilines is 2. The predicted molar refractivity (Wildman–Crippen MR) is 144 cm³/mol. The maximum absolute atomic E-state index is 13.6. The average Bonchev–Trinajstić information content (AvgIpc) is 2.92. The molecule has 1 aromatic heterocycles. The number of hydrogen-bond acceptors (Lipinski definition) is 5. The molecule has 2 aliphatic heterocycles. The lowest BCUT2D eigenvalue weighted by atomic mass is 10.0. The van der Waals surface area contributed by atoms with E-state index in [1.54, 1.807) is 28.1 Å². The van der Waals surface area contributed by atoms with Gasteiger partial charge in [0.1, 0.15) is 5.82 Å². The molecule has 1 N–H and O–H groups in total. The first-order valence-electron chi connectivity index (χ1n) is 12.6. The molecular formula is C28H27ClF3N5O2. The first-order chi connectivity index (χ1) is 18.6. The molecule has 39 heavy (non-hydrogen) atoms. The number of benzene rings is 2. The molecule has 11 heteroatoms. The molecule has 3 aromatic rings. The van der Waals surface area contributed by atoms with Crippen LogP contribution in [0.4, 0.5) is 24.7 Å².